The van der Waals surface area contributed by atoms with Gasteiger partial charge in [-0.2, -0.15) is 0 Å². The Hall–Kier alpha value is -4.84. The molecule has 0 amide bonds. The summed E-state index contributed by atoms with van der Waals surface area (Å²) in [7, 11) is 0. The molecule has 0 fully saturated rings. The van der Waals surface area contributed by atoms with Crippen LogP contribution in [0.3, 0.4) is 0 Å². The maximum absolute atomic E-state index is 4.92. The minimum absolute atomic E-state index is 0.0602. The van der Waals surface area contributed by atoms with Crippen LogP contribution in [0.15, 0.2) is 84.9 Å². The molecule has 0 radical (unpaired) electrons. The quantitative estimate of drug-likeness (QED) is 0.214. The number of aryl methyl sites for hydroxylation is 2. The number of nitrogens with zero attached hydrogens (tertiary/aromatic N) is 4. The van der Waals surface area contributed by atoms with Gasteiger partial charge in [0, 0.05) is 21.5 Å². The van der Waals surface area contributed by atoms with Gasteiger partial charge in [0.2, 0.25) is 0 Å². The summed E-state index contributed by atoms with van der Waals surface area (Å²) in [5.74, 6) is 0. The molecule has 6 heteroatoms. The molecule has 2 heterocycles. The Bertz CT molecular complexity index is 2220. The monoisotopic (exact) mass is 580 g/mol. The summed E-state index contributed by atoms with van der Waals surface area (Å²) < 4.78 is 4.33. The van der Waals surface area contributed by atoms with E-state index in [1.54, 1.807) is 0 Å². The number of aromatic nitrogens is 6. The van der Waals surface area contributed by atoms with Crippen molar-refractivity contribution in [2.24, 2.45) is 0 Å². The van der Waals surface area contributed by atoms with Gasteiger partial charge in [0.25, 0.3) is 0 Å². The van der Waals surface area contributed by atoms with E-state index < -0.39 is 0 Å². The third-order valence-corrected chi connectivity index (χ3v) is 8.84. The predicted octanol–water partition coefficient (Wildman–Crippen LogP) is 9.61. The Morgan fingerprint density at radius 2 is 1.14 bits per heavy atom. The van der Waals surface area contributed by atoms with E-state index in [4.69, 9.17) is 10.3 Å². The van der Waals surface area contributed by atoms with Crippen LogP contribution in [0.4, 0.5) is 0 Å². The number of H-pyrrole nitrogens is 2. The molecule has 4 aromatic carbocycles. The molecule has 0 saturated carbocycles. The minimum atomic E-state index is -0.0841. The average Bonchev–Trinajstić information content (AvgIpc) is 3.60. The Balaban J connectivity index is 1.74. The molecule has 6 nitrogen and oxygen atoms in total. The SMILES string of the molecule is Cc1cccc(C(C)(C)C)c1-n1[nH][nH]c2c3ccccc3c3nnn(-c4c(C)cccc4C(C)(C)C)c3c3ccccc3c1-2. The number of hydrogen-bond acceptors (Lipinski definition) is 2. The molecule has 2 aliphatic rings. The van der Waals surface area contributed by atoms with Gasteiger partial charge in [-0.05, 0) is 46.9 Å². The van der Waals surface area contributed by atoms with Gasteiger partial charge < -0.3 is 0 Å². The maximum Gasteiger partial charge on any atom is 0.122 e. The molecule has 1 aliphatic heterocycles. The Morgan fingerprint density at radius 3 is 1.77 bits per heavy atom. The highest BCUT2D eigenvalue weighted by Gasteiger charge is 2.27. The molecule has 7 rings (SSSR count). The van der Waals surface area contributed by atoms with Crippen LogP contribution in [0.5, 0.6) is 0 Å². The van der Waals surface area contributed by atoms with Crippen LogP contribution in [0.25, 0.3) is 55.3 Å². The Labute approximate surface area is 258 Å². The number of para-hydroxylation sites is 2. The summed E-state index contributed by atoms with van der Waals surface area (Å²) in [6, 6.07) is 30.3. The molecular formula is C38H40N6. The van der Waals surface area contributed by atoms with E-state index in [0.717, 1.165) is 55.3 Å². The fourth-order valence-corrected chi connectivity index (χ4v) is 6.73. The molecule has 5 aromatic rings. The van der Waals surface area contributed by atoms with Crippen LogP contribution in [-0.4, -0.2) is 30.0 Å². The second-order valence-corrected chi connectivity index (χ2v) is 14.0. The smallest absolute Gasteiger partial charge is 0.122 e. The summed E-state index contributed by atoms with van der Waals surface area (Å²) >= 11 is 0. The standard InChI is InChI=1S/C38H40N6/c1-23-15-13-21-29(37(3,4)5)33(23)43-35-27-19-11-12-20-28(27)36-32(26-18-10-9-17-25(26)31(35)39-41-43)40-42-44(36)34-24(2)16-14-22-30(34)38(6,7)8/h9-22,39,41H,1-8H3. The zero-order valence-corrected chi connectivity index (χ0v) is 26.9. The summed E-state index contributed by atoms with van der Waals surface area (Å²) in [6.45, 7) is 18.0. The second kappa shape index (κ2) is 9.84. The van der Waals surface area contributed by atoms with Gasteiger partial charge in [-0.15, -0.1) is 5.10 Å². The summed E-state index contributed by atoms with van der Waals surface area (Å²) in [6.07, 6.45) is 0. The first-order valence-electron chi connectivity index (χ1n) is 15.4. The van der Waals surface area contributed by atoms with Crippen molar-refractivity contribution in [1.82, 2.24) is 30.0 Å². The average molecular weight is 581 g/mol. The zero-order valence-electron chi connectivity index (χ0n) is 26.9. The van der Waals surface area contributed by atoms with Crippen molar-refractivity contribution < 1.29 is 0 Å². The molecule has 0 atom stereocenters. The van der Waals surface area contributed by atoms with E-state index in [1.165, 1.54) is 22.3 Å². The highest BCUT2D eigenvalue weighted by Crippen LogP contribution is 2.41. The topological polar surface area (TPSA) is 67.2 Å². The number of fused-ring (bicyclic) bond motifs is 8. The number of nitrogens with one attached hydrogen (secondary N) is 2. The van der Waals surface area contributed by atoms with Crippen LogP contribution in [0, 0.1) is 13.8 Å². The van der Waals surface area contributed by atoms with Gasteiger partial charge in [-0.25, -0.2) is 14.6 Å². The lowest BCUT2D eigenvalue weighted by Crippen LogP contribution is -2.17. The Morgan fingerprint density at radius 1 is 0.591 bits per heavy atom. The first-order chi connectivity index (χ1) is 21.0. The largest absolute Gasteiger partial charge is 0.284 e. The van der Waals surface area contributed by atoms with E-state index in [2.05, 4.69) is 160 Å². The van der Waals surface area contributed by atoms with Crippen LogP contribution in [0.1, 0.15) is 63.8 Å². The normalized spacial score (nSPS) is 12.5. The lowest BCUT2D eigenvalue weighted by molar-refractivity contribution is 0.581. The van der Waals surface area contributed by atoms with Crippen molar-refractivity contribution in [3.8, 4) is 22.8 Å². The number of hydrogen-bond donors (Lipinski definition) is 2. The highest BCUT2D eigenvalue weighted by atomic mass is 15.4. The van der Waals surface area contributed by atoms with Crippen molar-refractivity contribution in [2.45, 2.75) is 66.2 Å². The van der Waals surface area contributed by atoms with Crippen molar-refractivity contribution in [1.29, 1.82) is 0 Å². The molecular weight excluding hydrogens is 540 g/mol. The molecule has 0 bridgehead atoms. The van der Waals surface area contributed by atoms with Crippen LogP contribution in [-0.2, 0) is 10.8 Å². The fourth-order valence-electron chi connectivity index (χ4n) is 6.73. The fraction of sp³-hybridized carbons (Fsp3) is 0.263. The van der Waals surface area contributed by atoms with Crippen molar-refractivity contribution in [3.05, 3.63) is 107 Å². The first-order valence-corrected chi connectivity index (χ1v) is 15.4. The van der Waals surface area contributed by atoms with Crippen LogP contribution in [0.2, 0.25) is 0 Å². The van der Waals surface area contributed by atoms with Crippen LogP contribution >= 0.6 is 0 Å². The van der Waals surface area contributed by atoms with Crippen molar-refractivity contribution in [3.63, 3.8) is 0 Å². The minimum Gasteiger partial charge on any atom is -0.284 e. The van der Waals surface area contributed by atoms with Crippen LogP contribution < -0.4 is 0 Å². The van der Waals surface area contributed by atoms with Crippen molar-refractivity contribution >= 4 is 32.6 Å². The Kier molecular flexibility index (Phi) is 6.26. The van der Waals surface area contributed by atoms with Gasteiger partial charge >= 0.3 is 0 Å². The summed E-state index contributed by atoms with van der Waals surface area (Å²) in [5, 5.41) is 21.3. The van der Waals surface area contributed by atoms with Crippen molar-refractivity contribution in [2.75, 3.05) is 0 Å². The third-order valence-electron chi connectivity index (χ3n) is 8.84. The molecule has 44 heavy (non-hydrogen) atoms. The van der Waals surface area contributed by atoms with Gasteiger partial charge in [-0.1, -0.05) is 132 Å². The van der Waals surface area contributed by atoms with E-state index in [0.29, 0.717) is 0 Å². The second-order valence-electron chi connectivity index (χ2n) is 14.0. The molecule has 2 N–H and O–H groups in total. The predicted molar refractivity (Wildman–Crippen MR) is 183 cm³/mol. The first kappa shape index (κ1) is 28.0. The summed E-state index contributed by atoms with van der Waals surface area (Å²) in [5.41, 5.74) is 10.9. The number of benzene rings is 4. The van der Waals surface area contributed by atoms with E-state index >= 15 is 0 Å². The van der Waals surface area contributed by atoms with Gasteiger partial charge in [0.1, 0.15) is 11.0 Å². The third kappa shape index (κ3) is 4.23. The van der Waals surface area contributed by atoms with Gasteiger partial charge in [-0.3, -0.25) is 5.10 Å². The lowest BCUT2D eigenvalue weighted by atomic mass is 9.84. The molecule has 0 unspecified atom stereocenters. The summed E-state index contributed by atoms with van der Waals surface area (Å²) in [4.78, 5) is 0. The molecule has 1 aromatic heterocycles. The number of aromatic amines is 2. The molecule has 0 spiro atoms. The van der Waals surface area contributed by atoms with E-state index in [9.17, 15) is 0 Å². The molecule has 1 aliphatic carbocycles. The van der Waals surface area contributed by atoms with E-state index in [-0.39, 0.29) is 10.8 Å². The van der Waals surface area contributed by atoms with Gasteiger partial charge in [0.15, 0.2) is 0 Å². The van der Waals surface area contributed by atoms with E-state index in [1.807, 2.05) is 0 Å². The number of rotatable bonds is 2. The lowest BCUT2D eigenvalue weighted by Gasteiger charge is -2.25. The maximum atomic E-state index is 4.92. The highest BCUT2D eigenvalue weighted by molar-refractivity contribution is 6.18. The van der Waals surface area contributed by atoms with Gasteiger partial charge in [0.05, 0.1) is 22.8 Å². The molecule has 222 valence electrons. The zero-order chi connectivity index (χ0) is 31.0. The molecule has 0 saturated heterocycles.